The molecule has 0 saturated heterocycles. The van der Waals surface area contributed by atoms with E-state index in [0.29, 0.717) is 11.5 Å². The van der Waals surface area contributed by atoms with Gasteiger partial charge in [0.25, 0.3) is 0 Å². The van der Waals surface area contributed by atoms with Crippen LogP contribution in [0, 0.1) is 5.41 Å². The highest BCUT2D eigenvalue weighted by molar-refractivity contribution is 5.32. The van der Waals surface area contributed by atoms with Crippen LogP contribution >= 0.6 is 0 Å². The summed E-state index contributed by atoms with van der Waals surface area (Å²) in [5.41, 5.74) is 3.53. The Kier molecular flexibility index (Phi) is 4.24. The summed E-state index contributed by atoms with van der Waals surface area (Å²) in [7, 11) is 6.76. The maximum absolute atomic E-state index is 2.39. The highest BCUT2D eigenvalue weighted by atomic mass is 15.3. The SMILES string of the molecule is CC1=C(/C=C/C(C)[N+](C)(C)C)C(C)(C)CCC1. The van der Waals surface area contributed by atoms with Gasteiger partial charge < -0.3 is 4.48 Å². The van der Waals surface area contributed by atoms with Gasteiger partial charge in [-0.3, -0.25) is 0 Å². The molecule has 1 heteroatoms. The van der Waals surface area contributed by atoms with Crippen molar-refractivity contribution in [3.8, 4) is 0 Å². The van der Waals surface area contributed by atoms with Crippen LogP contribution in [0.4, 0.5) is 0 Å². The van der Waals surface area contributed by atoms with Gasteiger partial charge in [-0.15, -0.1) is 0 Å². The first kappa shape index (κ1) is 14.5. The van der Waals surface area contributed by atoms with E-state index in [-0.39, 0.29) is 0 Å². The molecule has 0 aromatic rings. The first-order valence-corrected chi connectivity index (χ1v) is 6.84. The molecule has 1 aliphatic carbocycles. The largest absolute Gasteiger partial charge is 0.325 e. The fourth-order valence-corrected chi connectivity index (χ4v) is 2.50. The Balaban J connectivity index is 2.89. The highest BCUT2D eigenvalue weighted by Gasteiger charge is 2.27. The Bertz CT molecular complexity index is 326. The van der Waals surface area contributed by atoms with Crippen molar-refractivity contribution < 1.29 is 4.48 Å². The molecule has 0 saturated carbocycles. The number of quaternary nitrogens is 1. The van der Waals surface area contributed by atoms with Crippen LogP contribution in [0.25, 0.3) is 0 Å². The summed E-state index contributed by atoms with van der Waals surface area (Å²) in [6.45, 7) is 9.36. The van der Waals surface area contributed by atoms with Gasteiger partial charge in [-0.1, -0.05) is 25.5 Å². The number of likely N-dealkylation sites (N-methyl/N-ethyl adjacent to an activating group) is 1. The van der Waals surface area contributed by atoms with Crippen molar-refractivity contribution >= 4 is 0 Å². The molecule has 0 spiro atoms. The second-order valence-electron chi connectivity index (χ2n) is 7.15. The van der Waals surface area contributed by atoms with Crippen molar-refractivity contribution in [2.24, 2.45) is 5.41 Å². The van der Waals surface area contributed by atoms with Gasteiger partial charge in [-0.2, -0.15) is 0 Å². The molecule has 1 atom stereocenters. The average molecular weight is 236 g/mol. The predicted octanol–water partition coefficient (Wildman–Crippen LogP) is 4.16. The van der Waals surface area contributed by atoms with Gasteiger partial charge in [-0.05, 0) is 50.2 Å². The summed E-state index contributed by atoms with van der Waals surface area (Å²) in [5.74, 6) is 0. The quantitative estimate of drug-likeness (QED) is 0.645. The number of hydrogen-bond donors (Lipinski definition) is 0. The van der Waals surface area contributed by atoms with Gasteiger partial charge in [0, 0.05) is 0 Å². The molecule has 0 amide bonds. The number of rotatable bonds is 3. The van der Waals surface area contributed by atoms with Crippen LogP contribution in [0.5, 0.6) is 0 Å². The molecule has 0 radical (unpaired) electrons. The van der Waals surface area contributed by atoms with E-state index >= 15 is 0 Å². The van der Waals surface area contributed by atoms with Crippen LogP contribution in [-0.4, -0.2) is 31.7 Å². The van der Waals surface area contributed by atoms with Crippen molar-refractivity contribution in [3.05, 3.63) is 23.3 Å². The van der Waals surface area contributed by atoms with E-state index in [0.717, 1.165) is 4.48 Å². The highest BCUT2D eigenvalue weighted by Crippen LogP contribution is 2.40. The van der Waals surface area contributed by atoms with Crippen molar-refractivity contribution in [3.63, 3.8) is 0 Å². The Morgan fingerprint density at radius 3 is 2.29 bits per heavy atom. The third-order valence-corrected chi connectivity index (χ3v) is 4.31. The lowest BCUT2D eigenvalue weighted by Crippen LogP contribution is -2.42. The molecule has 0 bridgehead atoms. The first-order valence-electron chi connectivity index (χ1n) is 6.84. The molecule has 0 aliphatic heterocycles. The van der Waals surface area contributed by atoms with E-state index in [1.807, 2.05) is 0 Å². The van der Waals surface area contributed by atoms with E-state index in [2.05, 4.69) is 61.0 Å². The number of hydrogen-bond acceptors (Lipinski definition) is 0. The minimum atomic E-state index is 0.365. The monoisotopic (exact) mass is 236 g/mol. The molecule has 98 valence electrons. The first-order chi connectivity index (χ1) is 7.64. The minimum absolute atomic E-state index is 0.365. The Labute approximate surface area is 108 Å². The molecule has 1 rings (SSSR count). The lowest BCUT2D eigenvalue weighted by Gasteiger charge is -2.34. The van der Waals surface area contributed by atoms with Crippen LogP contribution in [0.2, 0.25) is 0 Å². The van der Waals surface area contributed by atoms with E-state index in [4.69, 9.17) is 0 Å². The minimum Gasteiger partial charge on any atom is -0.325 e. The van der Waals surface area contributed by atoms with Gasteiger partial charge in [-0.25, -0.2) is 0 Å². The topological polar surface area (TPSA) is 0 Å². The average Bonchev–Trinajstić information content (AvgIpc) is 2.14. The van der Waals surface area contributed by atoms with Crippen LogP contribution in [0.3, 0.4) is 0 Å². The van der Waals surface area contributed by atoms with Crippen LogP contribution in [0.1, 0.15) is 47.0 Å². The van der Waals surface area contributed by atoms with Gasteiger partial charge in [0.05, 0.1) is 21.1 Å². The number of allylic oxidation sites excluding steroid dienone is 3. The predicted molar refractivity (Wildman–Crippen MR) is 77.0 cm³/mol. The maximum Gasteiger partial charge on any atom is 0.104 e. The smallest absolute Gasteiger partial charge is 0.104 e. The molecule has 0 heterocycles. The second kappa shape index (κ2) is 4.97. The van der Waals surface area contributed by atoms with Crippen molar-refractivity contribution in [2.45, 2.75) is 53.0 Å². The third kappa shape index (κ3) is 3.70. The van der Waals surface area contributed by atoms with Gasteiger partial charge in [0.1, 0.15) is 6.04 Å². The van der Waals surface area contributed by atoms with E-state index in [9.17, 15) is 0 Å². The molecule has 1 unspecified atom stereocenters. The molecule has 0 aromatic heterocycles. The van der Waals surface area contributed by atoms with Crippen molar-refractivity contribution in [1.82, 2.24) is 0 Å². The molecule has 1 nitrogen and oxygen atoms in total. The Morgan fingerprint density at radius 1 is 1.24 bits per heavy atom. The molecule has 1 aliphatic rings. The molecular formula is C16H30N+. The zero-order valence-electron chi connectivity index (χ0n) is 12.8. The Hall–Kier alpha value is -0.560. The van der Waals surface area contributed by atoms with Crippen molar-refractivity contribution in [2.75, 3.05) is 21.1 Å². The summed E-state index contributed by atoms with van der Waals surface area (Å²) >= 11 is 0. The summed E-state index contributed by atoms with van der Waals surface area (Å²) in [6, 6.07) is 0.563. The maximum atomic E-state index is 2.39. The molecular weight excluding hydrogens is 206 g/mol. The normalized spacial score (nSPS) is 23.2. The zero-order valence-corrected chi connectivity index (χ0v) is 12.8. The summed E-state index contributed by atoms with van der Waals surface area (Å²) < 4.78 is 0.989. The van der Waals surface area contributed by atoms with Gasteiger partial charge >= 0.3 is 0 Å². The third-order valence-electron chi connectivity index (χ3n) is 4.31. The standard InChI is InChI=1S/C16H30N/c1-13-9-8-12-16(3,4)15(13)11-10-14(2)17(5,6)7/h10-11,14H,8-9,12H2,1-7H3/q+1/b11-10+. The lowest BCUT2D eigenvalue weighted by molar-refractivity contribution is -0.887. The lowest BCUT2D eigenvalue weighted by atomic mass is 9.72. The molecule has 0 N–H and O–H groups in total. The summed E-state index contributed by atoms with van der Waals surface area (Å²) in [4.78, 5) is 0. The van der Waals surface area contributed by atoms with Crippen LogP contribution < -0.4 is 0 Å². The molecule has 0 aromatic carbocycles. The Morgan fingerprint density at radius 2 is 1.82 bits per heavy atom. The van der Waals surface area contributed by atoms with Crippen molar-refractivity contribution in [1.29, 1.82) is 0 Å². The van der Waals surface area contributed by atoms with Gasteiger partial charge in [0.15, 0.2) is 0 Å². The second-order valence-corrected chi connectivity index (χ2v) is 7.15. The molecule has 0 fully saturated rings. The zero-order chi connectivity index (χ0) is 13.3. The van der Waals surface area contributed by atoms with Gasteiger partial charge in [0.2, 0.25) is 0 Å². The summed E-state index contributed by atoms with van der Waals surface area (Å²) in [5, 5.41) is 0. The molecule has 17 heavy (non-hydrogen) atoms. The fourth-order valence-electron chi connectivity index (χ4n) is 2.50. The van der Waals surface area contributed by atoms with Crippen LogP contribution in [-0.2, 0) is 0 Å². The fraction of sp³-hybridized carbons (Fsp3) is 0.750. The summed E-state index contributed by atoms with van der Waals surface area (Å²) in [6.07, 6.45) is 8.72. The van der Waals surface area contributed by atoms with E-state index in [1.54, 1.807) is 11.1 Å². The van der Waals surface area contributed by atoms with E-state index in [1.165, 1.54) is 19.3 Å². The van der Waals surface area contributed by atoms with Crippen LogP contribution in [0.15, 0.2) is 23.3 Å². The van der Waals surface area contributed by atoms with E-state index < -0.39 is 0 Å². The number of nitrogens with zero attached hydrogens (tertiary/aromatic N) is 1.